The van der Waals surface area contributed by atoms with Crippen LogP contribution in [0.25, 0.3) is 0 Å². The van der Waals surface area contributed by atoms with Crippen molar-refractivity contribution >= 4 is 5.97 Å². The molecule has 1 aromatic rings. The van der Waals surface area contributed by atoms with Gasteiger partial charge in [0, 0.05) is 6.42 Å². The van der Waals surface area contributed by atoms with Crippen LogP contribution in [0, 0.1) is 0 Å². The predicted octanol–water partition coefficient (Wildman–Crippen LogP) is 7.72. The van der Waals surface area contributed by atoms with Crippen molar-refractivity contribution in [3.05, 3.63) is 23.8 Å². The van der Waals surface area contributed by atoms with Crippen LogP contribution in [0.15, 0.2) is 18.2 Å². The molecule has 0 saturated heterocycles. The molecule has 31 heavy (non-hydrogen) atoms. The Hall–Kier alpha value is -1.71. The third-order valence-electron chi connectivity index (χ3n) is 6.42. The second-order valence-corrected chi connectivity index (χ2v) is 9.45. The Kier molecular flexibility index (Phi) is 11.8. The van der Waals surface area contributed by atoms with Crippen LogP contribution in [0.5, 0.6) is 11.5 Å². The zero-order chi connectivity index (χ0) is 22.4. The van der Waals surface area contributed by atoms with Gasteiger partial charge in [-0.3, -0.25) is 4.79 Å². The van der Waals surface area contributed by atoms with Gasteiger partial charge >= 0.3 is 5.97 Å². The van der Waals surface area contributed by atoms with Crippen molar-refractivity contribution in [2.24, 2.45) is 0 Å². The van der Waals surface area contributed by atoms with Crippen LogP contribution in [-0.2, 0) is 11.2 Å². The third-order valence-corrected chi connectivity index (χ3v) is 6.42. The first-order valence-corrected chi connectivity index (χ1v) is 12.7. The number of ether oxygens (including phenoxy) is 2. The van der Waals surface area contributed by atoms with E-state index in [0.717, 1.165) is 62.9 Å². The number of carboxylic acids is 1. The molecular formula is C27H44O4. The van der Waals surface area contributed by atoms with Crippen LogP contribution in [0.1, 0.15) is 116 Å². The SMILES string of the molecule is CCCCCCCCCC1(C)CCc2cc(OCCCCCCCC(=O)O)ccc2O1. The van der Waals surface area contributed by atoms with Crippen LogP contribution in [0.2, 0.25) is 0 Å². The van der Waals surface area contributed by atoms with Gasteiger partial charge in [0.1, 0.15) is 17.1 Å². The van der Waals surface area contributed by atoms with E-state index in [-0.39, 0.29) is 12.0 Å². The lowest BCUT2D eigenvalue weighted by atomic mass is 9.88. The first-order valence-electron chi connectivity index (χ1n) is 12.7. The molecule has 1 heterocycles. The molecule has 0 saturated carbocycles. The Bertz CT molecular complexity index is 642. The van der Waals surface area contributed by atoms with Gasteiger partial charge < -0.3 is 14.6 Å². The van der Waals surface area contributed by atoms with Gasteiger partial charge in [-0.1, -0.05) is 64.7 Å². The molecule has 0 spiro atoms. The second-order valence-electron chi connectivity index (χ2n) is 9.45. The Balaban J connectivity index is 1.63. The van der Waals surface area contributed by atoms with Gasteiger partial charge in [0.15, 0.2) is 0 Å². The van der Waals surface area contributed by atoms with Crippen molar-refractivity contribution in [3.63, 3.8) is 0 Å². The highest BCUT2D eigenvalue weighted by molar-refractivity contribution is 5.66. The van der Waals surface area contributed by atoms with Gasteiger partial charge in [-0.25, -0.2) is 0 Å². The van der Waals surface area contributed by atoms with Crippen molar-refractivity contribution in [3.8, 4) is 11.5 Å². The molecule has 0 radical (unpaired) electrons. The van der Waals surface area contributed by atoms with E-state index in [4.69, 9.17) is 14.6 Å². The fourth-order valence-electron chi connectivity index (χ4n) is 4.39. The maximum Gasteiger partial charge on any atom is 0.303 e. The van der Waals surface area contributed by atoms with E-state index in [1.165, 1.54) is 50.5 Å². The molecule has 0 fully saturated rings. The molecule has 2 rings (SSSR count). The van der Waals surface area contributed by atoms with Crippen LogP contribution in [0.3, 0.4) is 0 Å². The van der Waals surface area contributed by atoms with E-state index < -0.39 is 5.97 Å². The molecule has 1 aliphatic rings. The molecule has 0 aliphatic carbocycles. The third kappa shape index (κ3) is 10.4. The van der Waals surface area contributed by atoms with Gasteiger partial charge in [-0.2, -0.15) is 0 Å². The molecule has 176 valence electrons. The molecule has 1 aromatic carbocycles. The summed E-state index contributed by atoms with van der Waals surface area (Å²) < 4.78 is 12.4. The molecule has 0 bridgehead atoms. The summed E-state index contributed by atoms with van der Waals surface area (Å²) in [6, 6.07) is 6.26. The number of benzene rings is 1. The topological polar surface area (TPSA) is 55.8 Å². The normalized spacial score (nSPS) is 17.7. The van der Waals surface area contributed by atoms with Gasteiger partial charge in [0.2, 0.25) is 0 Å². The average Bonchev–Trinajstić information content (AvgIpc) is 2.75. The maximum absolute atomic E-state index is 10.5. The molecule has 4 heteroatoms. The van der Waals surface area contributed by atoms with Crippen molar-refractivity contribution < 1.29 is 19.4 Å². The summed E-state index contributed by atoms with van der Waals surface area (Å²) in [6.07, 6.45) is 17.9. The zero-order valence-corrected chi connectivity index (χ0v) is 19.9. The van der Waals surface area contributed by atoms with E-state index in [2.05, 4.69) is 26.0 Å². The summed E-state index contributed by atoms with van der Waals surface area (Å²) in [5.41, 5.74) is 1.24. The quantitative estimate of drug-likeness (QED) is 0.256. The molecule has 0 amide bonds. The Labute approximate surface area is 189 Å². The smallest absolute Gasteiger partial charge is 0.303 e. The summed E-state index contributed by atoms with van der Waals surface area (Å²) in [5.74, 6) is 1.27. The standard InChI is InChI=1S/C27H44O4/c1-3-4-5-6-7-10-13-19-27(2)20-18-23-22-24(16-17-25(23)31-27)30-21-14-11-8-9-12-15-26(28)29/h16-17,22H,3-15,18-21H2,1-2H3,(H,28,29). The summed E-state index contributed by atoms with van der Waals surface area (Å²) in [7, 11) is 0. The minimum atomic E-state index is -0.696. The van der Waals surface area contributed by atoms with E-state index in [0.29, 0.717) is 6.61 Å². The molecule has 1 aliphatic heterocycles. The lowest BCUT2D eigenvalue weighted by Crippen LogP contribution is -2.36. The number of hydrogen-bond donors (Lipinski definition) is 1. The van der Waals surface area contributed by atoms with Gasteiger partial charge in [-0.05, 0) is 69.2 Å². The lowest BCUT2D eigenvalue weighted by molar-refractivity contribution is -0.137. The maximum atomic E-state index is 10.5. The molecule has 0 aromatic heterocycles. The highest BCUT2D eigenvalue weighted by Gasteiger charge is 2.31. The number of carboxylic acid groups (broad SMARTS) is 1. The number of unbranched alkanes of at least 4 members (excludes halogenated alkanes) is 10. The van der Waals surface area contributed by atoms with Crippen molar-refractivity contribution in [1.29, 1.82) is 0 Å². The fourth-order valence-corrected chi connectivity index (χ4v) is 4.39. The van der Waals surface area contributed by atoms with Gasteiger partial charge in [-0.15, -0.1) is 0 Å². The van der Waals surface area contributed by atoms with E-state index in [1.54, 1.807) is 0 Å². The molecule has 1 atom stereocenters. The zero-order valence-electron chi connectivity index (χ0n) is 19.9. The van der Waals surface area contributed by atoms with E-state index >= 15 is 0 Å². The van der Waals surface area contributed by atoms with Gasteiger partial charge in [0.25, 0.3) is 0 Å². The van der Waals surface area contributed by atoms with Crippen LogP contribution < -0.4 is 9.47 Å². The minimum Gasteiger partial charge on any atom is -0.494 e. The predicted molar refractivity (Wildman–Crippen MR) is 127 cm³/mol. The van der Waals surface area contributed by atoms with E-state index in [1.807, 2.05) is 6.07 Å². The second kappa shape index (κ2) is 14.4. The van der Waals surface area contributed by atoms with Crippen molar-refractivity contribution in [1.82, 2.24) is 0 Å². The van der Waals surface area contributed by atoms with Crippen molar-refractivity contribution in [2.45, 2.75) is 122 Å². The number of fused-ring (bicyclic) bond motifs is 1. The monoisotopic (exact) mass is 432 g/mol. The van der Waals surface area contributed by atoms with Crippen LogP contribution in [-0.4, -0.2) is 23.3 Å². The molecule has 1 unspecified atom stereocenters. The minimum absolute atomic E-state index is 0.0283. The molecule has 1 N–H and O–H groups in total. The average molecular weight is 433 g/mol. The highest BCUT2D eigenvalue weighted by Crippen LogP contribution is 2.37. The summed E-state index contributed by atoms with van der Waals surface area (Å²) in [6.45, 7) is 5.26. The number of aryl methyl sites for hydroxylation is 1. The Morgan fingerprint density at radius 2 is 1.68 bits per heavy atom. The Morgan fingerprint density at radius 3 is 2.42 bits per heavy atom. The number of aliphatic carboxylic acids is 1. The van der Waals surface area contributed by atoms with Gasteiger partial charge in [0.05, 0.1) is 6.61 Å². The highest BCUT2D eigenvalue weighted by atomic mass is 16.5. The first kappa shape index (κ1) is 25.5. The molecular weight excluding hydrogens is 388 g/mol. The molecule has 4 nitrogen and oxygen atoms in total. The van der Waals surface area contributed by atoms with E-state index in [9.17, 15) is 4.79 Å². The van der Waals surface area contributed by atoms with Crippen LogP contribution >= 0.6 is 0 Å². The summed E-state index contributed by atoms with van der Waals surface area (Å²) in [4.78, 5) is 10.5. The van der Waals surface area contributed by atoms with Crippen molar-refractivity contribution in [2.75, 3.05) is 6.61 Å². The largest absolute Gasteiger partial charge is 0.494 e. The summed E-state index contributed by atoms with van der Waals surface area (Å²) >= 11 is 0. The Morgan fingerprint density at radius 1 is 1.00 bits per heavy atom. The number of hydrogen-bond acceptors (Lipinski definition) is 3. The first-order chi connectivity index (χ1) is 15.0. The summed E-state index contributed by atoms with van der Waals surface area (Å²) in [5, 5.41) is 8.65. The number of carbonyl (C=O) groups is 1. The lowest BCUT2D eigenvalue weighted by Gasteiger charge is -2.36. The van der Waals surface area contributed by atoms with Crippen LogP contribution in [0.4, 0.5) is 0 Å². The fraction of sp³-hybridized carbons (Fsp3) is 0.741. The number of rotatable bonds is 17.